The highest BCUT2D eigenvalue weighted by molar-refractivity contribution is 7.26. The zero-order valence-corrected chi connectivity index (χ0v) is 28.1. The Kier molecular flexibility index (Phi) is 6.40. The van der Waals surface area contributed by atoms with E-state index in [1.165, 1.54) is 48.0 Å². The standard InChI is InChI=1S/C42H32N2OS2/c1-4-42(5-2)32-15-9-7-13-28(32)29-20-19-27(24(3)38(29)42)31-22-26(18-21-33(31)45)40-43-39(36-23-25-12-6-10-16-34(25)46-36)37-30-14-8-11-17-35(30)47-41(37)44-40/h6-23,45H,4-5H2,1-3H3. The molecule has 0 unspecified atom stereocenters. The number of thiophene rings is 2. The van der Waals surface area contributed by atoms with Gasteiger partial charge in [-0.2, -0.15) is 0 Å². The molecule has 0 fully saturated rings. The highest BCUT2D eigenvalue weighted by atomic mass is 32.1. The third-order valence-electron chi connectivity index (χ3n) is 10.3. The van der Waals surface area contributed by atoms with Crippen LogP contribution < -0.4 is 0 Å². The summed E-state index contributed by atoms with van der Waals surface area (Å²) in [4.78, 5) is 12.6. The third kappa shape index (κ3) is 4.09. The maximum absolute atomic E-state index is 11.4. The van der Waals surface area contributed by atoms with Crippen LogP contribution in [0.3, 0.4) is 0 Å². The molecule has 3 nitrogen and oxygen atoms in total. The molecular weight excluding hydrogens is 613 g/mol. The minimum atomic E-state index is -0.0479. The summed E-state index contributed by atoms with van der Waals surface area (Å²) in [5, 5.41) is 14.9. The fourth-order valence-electron chi connectivity index (χ4n) is 8.02. The lowest BCUT2D eigenvalue weighted by Gasteiger charge is -2.31. The summed E-state index contributed by atoms with van der Waals surface area (Å²) in [5.74, 6) is 0.930. The van der Waals surface area contributed by atoms with Gasteiger partial charge in [-0.05, 0) is 94.9 Å². The molecule has 0 spiro atoms. The first kappa shape index (κ1) is 28.4. The maximum Gasteiger partial charge on any atom is 0.161 e. The molecule has 5 heteroatoms. The lowest BCUT2D eigenvalue weighted by Crippen LogP contribution is -2.24. The van der Waals surface area contributed by atoms with Crippen LogP contribution >= 0.6 is 22.7 Å². The average Bonchev–Trinajstić information content (AvgIpc) is 3.79. The molecule has 0 aliphatic heterocycles. The highest BCUT2D eigenvalue weighted by Crippen LogP contribution is 2.55. The smallest absolute Gasteiger partial charge is 0.161 e. The van der Waals surface area contributed by atoms with Crippen LogP contribution in [0, 0.1) is 6.92 Å². The molecule has 0 radical (unpaired) electrons. The van der Waals surface area contributed by atoms with E-state index in [1.807, 2.05) is 6.07 Å². The number of rotatable bonds is 5. The molecule has 1 aliphatic carbocycles. The zero-order chi connectivity index (χ0) is 31.9. The Bertz CT molecular complexity index is 2500. The highest BCUT2D eigenvalue weighted by Gasteiger charge is 2.42. The van der Waals surface area contributed by atoms with Crippen molar-refractivity contribution in [3.05, 3.63) is 126 Å². The average molecular weight is 645 g/mol. The lowest BCUT2D eigenvalue weighted by molar-refractivity contribution is 0.477. The SMILES string of the molecule is CCC1(CC)c2ccccc2-c2ccc(-c3cc(-c4nc(-c5cc6ccccc6s5)c5c(n4)sc4ccccc45)ccc3O)c(C)c21. The molecule has 0 bridgehead atoms. The van der Waals surface area contributed by atoms with Crippen LogP contribution in [-0.4, -0.2) is 15.1 Å². The Morgan fingerprint density at radius 3 is 2.26 bits per heavy atom. The predicted molar refractivity (Wildman–Crippen MR) is 200 cm³/mol. The van der Waals surface area contributed by atoms with Gasteiger partial charge >= 0.3 is 0 Å². The second kappa shape index (κ2) is 10.6. The monoisotopic (exact) mass is 644 g/mol. The van der Waals surface area contributed by atoms with Crippen molar-refractivity contribution in [1.82, 2.24) is 9.97 Å². The molecule has 8 aromatic rings. The summed E-state index contributed by atoms with van der Waals surface area (Å²) in [6.07, 6.45) is 2.04. The Balaban J connectivity index is 1.25. The van der Waals surface area contributed by atoms with E-state index in [1.54, 1.807) is 28.7 Å². The predicted octanol–water partition coefficient (Wildman–Crippen LogP) is 12.2. The summed E-state index contributed by atoms with van der Waals surface area (Å²) in [5.41, 5.74) is 10.3. The van der Waals surface area contributed by atoms with Gasteiger partial charge in [0.25, 0.3) is 0 Å². The van der Waals surface area contributed by atoms with Gasteiger partial charge in [0.15, 0.2) is 5.82 Å². The first-order valence-corrected chi connectivity index (χ1v) is 17.9. The summed E-state index contributed by atoms with van der Waals surface area (Å²) in [6.45, 7) is 6.83. The Labute approximate surface area is 281 Å². The van der Waals surface area contributed by atoms with E-state index >= 15 is 0 Å². The molecule has 0 amide bonds. The molecular formula is C42H32N2OS2. The van der Waals surface area contributed by atoms with E-state index in [-0.39, 0.29) is 11.2 Å². The van der Waals surface area contributed by atoms with Gasteiger partial charge in [-0.1, -0.05) is 86.6 Å². The van der Waals surface area contributed by atoms with Crippen molar-refractivity contribution in [3.8, 4) is 50.0 Å². The number of fused-ring (bicyclic) bond motifs is 7. The van der Waals surface area contributed by atoms with Crippen LogP contribution in [0.4, 0.5) is 0 Å². The van der Waals surface area contributed by atoms with Crippen LogP contribution in [0.1, 0.15) is 43.4 Å². The molecule has 1 aliphatic rings. The molecule has 3 aromatic heterocycles. The van der Waals surface area contributed by atoms with Gasteiger partial charge in [0.1, 0.15) is 10.6 Å². The summed E-state index contributed by atoms with van der Waals surface area (Å²) >= 11 is 3.48. The van der Waals surface area contributed by atoms with E-state index in [2.05, 4.69) is 118 Å². The fraction of sp³-hybridized carbons (Fsp3) is 0.143. The minimum Gasteiger partial charge on any atom is -0.507 e. The van der Waals surface area contributed by atoms with Gasteiger partial charge in [-0.3, -0.25) is 0 Å². The van der Waals surface area contributed by atoms with Gasteiger partial charge < -0.3 is 5.11 Å². The Morgan fingerprint density at radius 2 is 1.43 bits per heavy atom. The number of aromatic hydroxyl groups is 1. The maximum atomic E-state index is 11.4. The number of hydrogen-bond acceptors (Lipinski definition) is 5. The van der Waals surface area contributed by atoms with Crippen molar-refractivity contribution in [2.45, 2.75) is 39.0 Å². The topological polar surface area (TPSA) is 46.0 Å². The second-order valence-corrected chi connectivity index (χ2v) is 14.7. The van der Waals surface area contributed by atoms with Gasteiger partial charge in [0.05, 0.1) is 10.6 Å². The van der Waals surface area contributed by atoms with Crippen LogP contribution in [-0.2, 0) is 5.41 Å². The number of nitrogens with zero attached hydrogens (tertiary/aromatic N) is 2. The molecule has 0 saturated heterocycles. The number of aromatic nitrogens is 2. The minimum absolute atomic E-state index is 0.0479. The van der Waals surface area contributed by atoms with Gasteiger partial charge in [0, 0.05) is 36.7 Å². The van der Waals surface area contributed by atoms with Crippen molar-refractivity contribution >= 4 is 53.1 Å². The van der Waals surface area contributed by atoms with E-state index < -0.39 is 0 Å². The summed E-state index contributed by atoms with van der Waals surface area (Å²) < 4.78 is 2.44. The number of phenols is 1. The van der Waals surface area contributed by atoms with Crippen molar-refractivity contribution in [3.63, 3.8) is 0 Å². The first-order chi connectivity index (χ1) is 23.0. The number of phenolic OH excluding ortho intramolecular Hbond substituents is 1. The first-order valence-electron chi connectivity index (χ1n) is 16.3. The Hall–Kier alpha value is -4.84. The van der Waals surface area contributed by atoms with Gasteiger partial charge in [-0.15, -0.1) is 22.7 Å². The van der Waals surface area contributed by atoms with E-state index in [0.29, 0.717) is 5.82 Å². The largest absolute Gasteiger partial charge is 0.507 e. The van der Waals surface area contributed by atoms with Crippen molar-refractivity contribution < 1.29 is 5.11 Å². The van der Waals surface area contributed by atoms with Crippen LogP contribution in [0.5, 0.6) is 5.75 Å². The second-order valence-electron chi connectivity index (χ2n) is 12.6. The van der Waals surface area contributed by atoms with Crippen LogP contribution in [0.15, 0.2) is 109 Å². The third-order valence-corrected chi connectivity index (χ3v) is 12.5. The van der Waals surface area contributed by atoms with E-state index in [4.69, 9.17) is 9.97 Å². The van der Waals surface area contributed by atoms with Crippen molar-refractivity contribution in [2.75, 3.05) is 0 Å². The molecule has 1 N–H and O–H groups in total. The van der Waals surface area contributed by atoms with Gasteiger partial charge in [-0.25, -0.2) is 9.97 Å². The fourth-order valence-corrected chi connectivity index (χ4v) is 10.2. The molecule has 0 saturated carbocycles. The lowest BCUT2D eigenvalue weighted by atomic mass is 9.71. The van der Waals surface area contributed by atoms with E-state index in [9.17, 15) is 5.11 Å². The molecule has 3 heterocycles. The van der Waals surface area contributed by atoms with Crippen LogP contribution in [0.25, 0.3) is 74.6 Å². The zero-order valence-electron chi connectivity index (χ0n) is 26.5. The molecule has 228 valence electrons. The summed E-state index contributed by atoms with van der Waals surface area (Å²) in [7, 11) is 0. The molecule has 5 aromatic carbocycles. The molecule has 47 heavy (non-hydrogen) atoms. The van der Waals surface area contributed by atoms with Crippen LogP contribution in [0.2, 0.25) is 0 Å². The van der Waals surface area contributed by atoms with Crippen molar-refractivity contribution in [1.29, 1.82) is 0 Å². The quantitative estimate of drug-likeness (QED) is 0.203. The molecule has 0 atom stereocenters. The summed E-state index contributed by atoms with van der Waals surface area (Å²) in [6, 6.07) is 38.4. The van der Waals surface area contributed by atoms with Gasteiger partial charge in [0.2, 0.25) is 0 Å². The van der Waals surface area contributed by atoms with E-state index in [0.717, 1.165) is 50.3 Å². The Morgan fingerprint density at radius 1 is 0.681 bits per heavy atom. The normalized spacial score (nSPS) is 13.4. The number of benzene rings is 5. The van der Waals surface area contributed by atoms with Crippen molar-refractivity contribution in [2.24, 2.45) is 0 Å². The number of hydrogen-bond donors (Lipinski definition) is 1. The molecule has 9 rings (SSSR count).